The van der Waals surface area contributed by atoms with Crippen molar-refractivity contribution in [2.45, 2.75) is 19.8 Å². The smallest absolute Gasteiger partial charge is 0.148 e. The minimum absolute atomic E-state index is 0.256. The van der Waals surface area contributed by atoms with Crippen molar-refractivity contribution in [2.75, 3.05) is 17.6 Å². The van der Waals surface area contributed by atoms with Crippen LogP contribution in [-0.4, -0.2) is 6.54 Å². The number of nitrogen functional groups attached to an aromatic ring is 1. The Bertz CT molecular complexity index is 345. The van der Waals surface area contributed by atoms with Gasteiger partial charge in [-0.15, -0.1) is 0 Å². The zero-order valence-corrected chi connectivity index (χ0v) is 8.31. The van der Waals surface area contributed by atoms with Crippen molar-refractivity contribution in [3.8, 4) is 0 Å². The first-order valence-electron chi connectivity index (χ1n) is 4.96. The molecule has 0 heterocycles. The van der Waals surface area contributed by atoms with Crippen LogP contribution in [0.25, 0.3) is 0 Å². The zero-order valence-electron chi connectivity index (χ0n) is 8.31. The lowest BCUT2D eigenvalue weighted by Gasteiger charge is -2.09. The van der Waals surface area contributed by atoms with Gasteiger partial charge in [-0.05, 0) is 43.4 Å². The molecule has 2 nitrogen and oxygen atoms in total. The Kier molecular flexibility index (Phi) is 2.32. The van der Waals surface area contributed by atoms with Crippen molar-refractivity contribution < 1.29 is 4.39 Å². The van der Waals surface area contributed by atoms with Crippen molar-refractivity contribution in [2.24, 2.45) is 5.92 Å². The lowest BCUT2D eigenvalue weighted by atomic mass is 10.1. The molecule has 1 aromatic rings. The van der Waals surface area contributed by atoms with E-state index in [0.29, 0.717) is 11.4 Å². The third-order valence-corrected chi connectivity index (χ3v) is 2.63. The first kappa shape index (κ1) is 9.31. The van der Waals surface area contributed by atoms with Gasteiger partial charge in [-0.25, -0.2) is 4.39 Å². The molecule has 0 radical (unpaired) electrons. The highest BCUT2D eigenvalue weighted by Crippen LogP contribution is 2.30. The second-order valence-corrected chi connectivity index (χ2v) is 4.01. The lowest BCUT2D eigenvalue weighted by molar-refractivity contribution is 0.629. The molecule has 1 aromatic carbocycles. The van der Waals surface area contributed by atoms with Gasteiger partial charge >= 0.3 is 0 Å². The number of hydrogen-bond donors (Lipinski definition) is 2. The molecular weight excluding hydrogens is 179 g/mol. The van der Waals surface area contributed by atoms with Gasteiger partial charge in [-0.1, -0.05) is 0 Å². The van der Waals surface area contributed by atoms with Crippen molar-refractivity contribution >= 4 is 11.4 Å². The second-order valence-electron chi connectivity index (χ2n) is 4.01. The van der Waals surface area contributed by atoms with E-state index in [-0.39, 0.29) is 5.82 Å². The van der Waals surface area contributed by atoms with Crippen LogP contribution in [0, 0.1) is 18.7 Å². The molecule has 3 heteroatoms. The predicted molar refractivity (Wildman–Crippen MR) is 56.8 cm³/mol. The van der Waals surface area contributed by atoms with Crippen LogP contribution in [0.4, 0.5) is 15.8 Å². The molecule has 0 spiro atoms. The standard InChI is InChI=1S/C11H15FN2/c1-7-4-11(9(12)5-10(7)13)14-6-8-2-3-8/h4-5,8,14H,2-3,6,13H2,1H3. The van der Waals surface area contributed by atoms with Gasteiger partial charge in [-0.3, -0.25) is 0 Å². The second kappa shape index (κ2) is 3.48. The van der Waals surface area contributed by atoms with Crippen LogP contribution in [0.5, 0.6) is 0 Å². The first-order chi connectivity index (χ1) is 6.66. The summed E-state index contributed by atoms with van der Waals surface area (Å²) in [4.78, 5) is 0. The van der Waals surface area contributed by atoms with Gasteiger partial charge in [0, 0.05) is 12.2 Å². The Balaban J connectivity index is 2.10. The summed E-state index contributed by atoms with van der Waals surface area (Å²) in [5, 5.41) is 3.11. The maximum Gasteiger partial charge on any atom is 0.148 e. The van der Waals surface area contributed by atoms with E-state index < -0.39 is 0 Å². The van der Waals surface area contributed by atoms with E-state index in [1.54, 1.807) is 6.07 Å². The van der Waals surface area contributed by atoms with Crippen LogP contribution < -0.4 is 11.1 Å². The number of rotatable bonds is 3. The number of nitrogens with one attached hydrogen (secondary N) is 1. The molecule has 14 heavy (non-hydrogen) atoms. The summed E-state index contributed by atoms with van der Waals surface area (Å²) >= 11 is 0. The molecule has 0 aromatic heterocycles. The van der Waals surface area contributed by atoms with Gasteiger partial charge in [0.15, 0.2) is 0 Å². The molecule has 0 aliphatic heterocycles. The quantitative estimate of drug-likeness (QED) is 0.726. The van der Waals surface area contributed by atoms with Crippen molar-refractivity contribution in [3.63, 3.8) is 0 Å². The minimum Gasteiger partial charge on any atom is -0.398 e. The summed E-state index contributed by atoms with van der Waals surface area (Å²) in [7, 11) is 0. The van der Waals surface area contributed by atoms with Crippen LogP contribution in [0.15, 0.2) is 12.1 Å². The maximum atomic E-state index is 13.4. The van der Waals surface area contributed by atoms with Crippen LogP contribution in [0.3, 0.4) is 0 Å². The van der Waals surface area contributed by atoms with Gasteiger partial charge in [0.2, 0.25) is 0 Å². The number of halogens is 1. The van der Waals surface area contributed by atoms with E-state index >= 15 is 0 Å². The average Bonchev–Trinajstić information content (AvgIpc) is 2.92. The van der Waals surface area contributed by atoms with Crippen LogP contribution in [-0.2, 0) is 0 Å². The highest BCUT2D eigenvalue weighted by Gasteiger charge is 2.21. The van der Waals surface area contributed by atoms with Gasteiger partial charge < -0.3 is 11.1 Å². The number of hydrogen-bond acceptors (Lipinski definition) is 2. The van der Waals surface area contributed by atoms with Crippen LogP contribution >= 0.6 is 0 Å². The number of anilines is 2. The van der Waals surface area contributed by atoms with Gasteiger partial charge in [-0.2, -0.15) is 0 Å². The third-order valence-electron chi connectivity index (χ3n) is 2.63. The fraction of sp³-hybridized carbons (Fsp3) is 0.455. The van der Waals surface area contributed by atoms with Gasteiger partial charge in [0.05, 0.1) is 5.69 Å². The monoisotopic (exact) mass is 194 g/mol. The van der Waals surface area contributed by atoms with E-state index in [9.17, 15) is 4.39 Å². The largest absolute Gasteiger partial charge is 0.398 e. The van der Waals surface area contributed by atoms with Gasteiger partial charge in [0.25, 0.3) is 0 Å². The highest BCUT2D eigenvalue weighted by atomic mass is 19.1. The maximum absolute atomic E-state index is 13.4. The molecule has 2 rings (SSSR count). The SMILES string of the molecule is Cc1cc(NCC2CC2)c(F)cc1N. The Hall–Kier alpha value is -1.25. The third kappa shape index (κ3) is 1.97. The summed E-state index contributed by atoms with van der Waals surface area (Å²) < 4.78 is 13.4. The molecule has 1 aliphatic carbocycles. The molecule has 0 saturated heterocycles. The molecule has 1 saturated carbocycles. The molecule has 0 amide bonds. The number of nitrogens with two attached hydrogens (primary N) is 1. The fourth-order valence-electron chi connectivity index (χ4n) is 1.41. The van der Waals surface area contributed by atoms with Gasteiger partial charge in [0.1, 0.15) is 5.82 Å². The Morgan fingerprint density at radius 3 is 2.86 bits per heavy atom. The van der Waals surface area contributed by atoms with Crippen molar-refractivity contribution in [1.29, 1.82) is 0 Å². The zero-order chi connectivity index (χ0) is 10.1. The molecule has 0 atom stereocenters. The summed E-state index contributed by atoms with van der Waals surface area (Å²) in [5.41, 5.74) is 7.60. The van der Waals surface area contributed by atoms with Crippen LogP contribution in [0.1, 0.15) is 18.4 Å². The average molecular weight is 194 g/mol. The summed E-state index contributed by atoms with van der Waals surface area (Å²) in [6.07, 6.45) is 2.53. The van der Waals surface area contributed by atoms with Crippen LogP contribution in [0.2, 0.25) is 0 Å². The van der Waals surface area contributed by atoms with E-state index in [0.717, 1.165) is 18.0 Å². The normalized spacial score (nSPS) is 15.6. The van der Waals surface area contributed by atoms with Crippen molar-refractivity contribution in [3.05, 3.63) is 23.5 Å². The molecule has 0 bridgehead atoms. The van der Waals surface area contributed by atoms with E-state index in [4.69, 9.17) is 5.73 Å². The fourth-order valence-corrected chi connectivity index (χ4v) is 1.41. The predicted octanol–water partition coefficient (Wildman–Crippen LogP) is 2.54. The molecule has 1 aliphatic rings. The Morgan fingerprint density at radius 1 is 1.50 bits per heavy atom. The number of aryl methyl sites for hydroxylation is 1. The van der Waals surface area contributed by atoms with E-state index in [1.807, 2.05) is 6.92 Å². The van der Waals surface area contributed by atoms with E-state index in [1.165, 1.54) is 18.9 Å². The van der Waals surface area contributed by atoms with E-state index in [2.05, 4.69) is 5.32 Å². The molecule has 76 valence electrons. The molecule has 1 fully saturated rings. The Morgan fingerprint density at radius 2 is 2.21 bits per heavy atom. The Labute approximate surface area is 83.3 Å². The minimum atomic E-state index is -0.256. The molecule has 3 N–H and O–H groups in total. The summed E-state index contributed by atoms with van der Waals surface area (Å²) in [6.45, 7) is 2.76. The van der Waals surface area contributed by atoms with Crippen molar-refractivity contribution in [1.82, 2.24) is 0 Å². The topological polar surface area (TPSA) is 38.0 Å². The number of benzene rings is 1. The molecular formula is C11H15FN2. The molecule has 0 unspecified atom stereocenters. The summed E-state index contributed by atoms with van der Waals surface area (Å²) in [6, 6.07) is 3.15. The lowest BCUT2D eigenvalue weighted by Crippen LogP contribution is -2.06. The highest BCUT2D eigenvalue weighted by molar-refractivity contribution is 5.57. The summed E-state index contributed by atoms with van der Waals surface area (Å²) in [5.74, 6) is 0.487. The first-order valence-corrected chi connectivity index (χ1v) is 4.96.